The fraction of sp³-hybridized carbons (Fsp3) is 0.100. The number of nitrogens with one attached hydrogen (secondary N) is 1. The van der Waals surface area contributed by atoms with Gasteiger partial charge in [-0.15, -0.1) is 0 Å². The molecular formula is C20H15N5O. The Morgan fingerprint density at radius 2 is 2.00 bits per heavy atom. The molecule has 3 heterocycles. The van der Waals surface area contributed by atoms with Crippen LogP contribution in [-0.4, -0.2) is 25.1 Å². The number of benzene rings is 1. The summed E-state index contributed by atoms with van der Waals surface area (Å²) in [6, 6.07) is 12.4. The third-order valence-corrected chi connectivity index (χ3v) is 4.87. The van der Waals surface area contributed by atoms with Crippen molar-refractivity contribution in [1.29, 1.82) is 0 Å². The average molecular weight is 341 g/mol. The summed E-state index contributed by atoms with van der Waals surface area (Å²) >= 11 is 0. The normalized spacial score (nSPS) is 18.6. The van der Waals surface area contributed by atoms with Gasteiger partial charge in [0.05, 0.1) is 17.3 Å². The Balaban J connectivity index is 1.67. The van der Waals surface area contributed by atoms with Gasteiger partial charge in [0.1, 0.15) is 12.0 Å². The largest absolute Gasteiger partial charge is 0.442 e. The second-order valence-electron chi connectivity index (χ2n) is 6.27. The highest BCUT2D eigenvalue weighted by Gasteiger charge is 2.38. The van der Waals surface area contributed by atoms with Gasteiger partial charge in [0, 0.05) is 23.9 Å². The lowest BCUT2D eigenvalue weighted by Crippen LogP contribution is -2.31. The molecule has 1 aliphatic carbocycles. The molecular weight excluding hydrogens is 326 g/mol. The van der Waals surface area contributed by atoms with Crippen LogP contribution in [0.4, 0.5) is 0 Å². The first-order chi connectivity index (χ1) is 12.9. The summed E-state index contributed by atoms with van der Waals surface area (Å²) in [5.41, 5.74) is 4.61. The van der Waals surface area contributed by atoms with E-state index in [9.17, 15) is 0 Å². The molecule has 0 radical (unpaired) electrons. The smallest absolute Gasteiger partial charge is 0.181 e. The van der Waals surface area contributed by atoms with E-state index < -0.39 is 0 Å². The van der Waals surface area contributed by atoms with Gasteiger partial charge in [-0.05, 0) is 11.6 Å². The SMILES string of the molecule is C1=CC(c2ccccc2)(c2ccncn2)Cc2[nH]nc(-c3cnco3)c21. The lowest BCUT2D eigenvalue weighted by Gasteiger charge is -2.33. The number of aromatic amines is 1. The molecule has 1 atom stereocenters. The molecule has 0 bridgehead atoms. The topological polar surface area (TPSA) is 80.5 Å². The van der Waals surface area contributed by atoms with Crippen molar-refractivity contribution in [3.8, 4) is 11.5 Å². The van der Waals surface area contributed by atoms with Crippen molar-refractivity contribution in [3.63, 3.8) is 0 Å². The number of hydrogen-bond donors (Lipinski definition) is 1. The Hall–Kier alpha value is -3.54. The van der Waals surface area contributed by atoms with E-state index in [2.05, 4.69) is 61.6 Å². The highest BCUT2D eigenvalue weighted by Crippen LogP contribution is 2.41. The summed E-state index contributed by atoms with van der Waals surface area (Å²) < 4.78 is 5.42. The molecule has 4 aromatic rings. The summed E-state index contributed by atoms with van der Waals surface area (Å²) in [6.45, 7) is 0. The molecule has 1 N–H and O–H groups in total. The number of oxazole rings is 1. The van der Waals surface area contributed by atoms with Gasteiger partial charge in [0.15, 0.2) is 12.2 Å². The van der Waals surface area contributed by atoms with Gasteiger partial charge < -0.3 is 4.42 Å². The maximum Gasteiger partial charge on any atom is 0.181 e. The molecule has 1 unspecified atom stereocenters. The van der Waals surface area contributed by atoms with Crippen LogP contribution in [0.15, 0.2) is 72.0 Å². The van der Waals surface area contributed by atoms with E-state index in [4.69, 9.17) is 4.42 Å². The fourth-order valence-corrected chi connectivity index (χ4v) is 3.60. The molecule has 0 fully saturated rings. The summed E-state index contributed by atoms with van der Waals surface area (Å²) in [5, 5.41) is 7.63. The first-order valence-corrected chi connectivity index (χ1v) is 8.34. The molecule has 0 spiro atoms. The summed E-state index contributed by atoms with van der Waals surface area (Å²) in [7, 11) is 0. The lowest BCUT2D eigenvalue weighted by atomic mass is 9.70. The van der Waals surface area contributed by atoms with Crippen LogP contribution in [0.3, 0.4) is 0 Å². The van der Waals surface area contributed by atoms with Crippen LogP contribution in [0.2, 0.25) is 0 Å². The lowest BCUT2D eigenvalue weighted by molar-refractivity contribution is 0.569. The van der Waals surface area contributed by atoms with Crippen LogP contribution in [-0.2, 0) is 11.8 Å². The highest BCUT2D eigenvalue weighted by atomic mass is 16.3. The fourth-order valence-electron chi connectivity index (χ4n) is 3.60. The third kappa shape index (κ3) is 2.19. The van der Waals surface area contributed by atoms with Gasteiger partial charge >= 0.3 is 0 Å². The maximum absolute atomic E-state index is 5.42. The first kappa shape index (κ1) is 14.8. The number of fused-ring (bicyclic) bond motifs is 1. The van der Waals surface area contributed by atoms with Gasteiger partial charge in [-0.2, -0.15) is 5.10 Å². The van der Waals surface area contributed by atoms with Gasteiger partial charge in [-0.3, -0.25) is 5.10 Å². The zero-order valence-electron chi connectivity index (χ0n) is 13.8. The van der Waals surface area contributed by atoms with Gasteiger partial charge in [0.25, 0.3) is 0 Å². The minimum Gasteiger partial charge on any atom is -0.442 e. The number of rotatable bonds is 3. The minimum atomic E-state index is -0.373. The quantitative estimate of drug-likeness (QED) is 0.617. The van der Waals surface area contributed by atoms with Crippen molar-refractivity contribution in [2.24, 2.45) is 0 Å². The van der Waals surface area contributed by atoms with Gasteiger partial charge in [0.2, 0.25) is 0 Å². The van der Waals surface area contributed by atoms with Gasteiger partial charge in [-0.1, -0.05) is 42.5 Å². The van der Waals surface area contributed by atoms with Crippen molar-refractivity contribution in [3.05, 3.63) is 90.1 Å². The van der Waals surface area contributed by atoms with E-state index in [1.807, 2.05) is 12.1 Å². The van der Waals surface area contributed by atoms with Crippen molar-refractivity contribution >= 4 is 6.08 Å². The predicted octanol–water partition coefficient (Wildman–Crippen LogP) is 3.41. The second kappa shape index (κ2) is 5.77. The standard InChI is InChI=1S/C20H15N5O/c1-2-4-14(5-3-1)20(18-7-9-21-12-23-18)8-6-15-16(10-20)24-25-19(15)17-11-22-13-26-17/h1-9,11-13H,10H2,(H,24,25). The number of allylic oxidation sites excluding steroid dienone is 1. The Labute approximate surface area is 149 Å². The number of H-pyrrole nitrogens is 1. The number of hydrogen-bond acceptors (Lipinski definition) is 5. The van der Waals surface area contributed by atoms with E-state index in [0.29, 0.717) is 5.76 Å². The molecule has 6 heteroatoms. The summed E-state index contributed by atoms with van der Waals surface area (Å²) in [5.74, 6) is 0.654. The van der Waals surface area contributed by atoms with Crippen molar-refractivity contribution < 1.29 is 4.42 Å². The van der Waals surface area contributed by atoms with E-state index in [1.54, 1.807) is 18.7 Å². The Kier molecular flexibility index (Phi) is 3.28. The molecule has 6 nitrogen and oxygen atoms in total. The van der Waals surface area contributed by atoms with Crippen molar-refractivity contribution in [2.75, 3.05) is 0 Å². The zero-order chi connectivity index (χ0) is 17.4. The third-order valence-electron chi connectivity index (χ3n) is 4.87. The van der Waals surface area contributed by atoms with Crippen LogP contribution < -0.4 is 0 Å². The van der Waals surface area contributed by atoms with E-state index in [1.165, 1.54) is 12.0 Å². The van der Waals surface area contributed by atoms with Crippen molar-refractivity contribution in [2.45, 2.75) is 11.8 Å². The first-order valence-electron chi connectivity index (χ1n) is 8.34. The van der Waals surface area contributed by atoms with Gasteiger partial charge in [-0.25, -0.2) is 15.0 Å². The van der Waals surface area contributed by atoms with E-state index >= 15 is 0 Å². The molecule has 26 heavy (non-hydrogen) atoms. The van der Waals surface area contributed by atoms with E-state index in [-0.39, 0.29) is 5.41 Å². The van der Waals surface area contributed by atoms with Crippen LogP contribution in [0.25, 0.3) is 17.5 Å². The Bertz CT molecular complexity index is 1010. The molecule has 5 rings (SSSR count). The maximum atomic E-state index is 5.42. The number of aromatic nitrogens is 5. The van der Waals surface area contributed by atoms with E-state index in [0.717, 1.165) is 29.1 Å². The molecule has 1 aromatic carbocycles. The predicted molar refractivity (Wildman–Crippen MR) is 96.1 cm³/mol. The molecule has 0 amide bonds. The van der Waals surface area contributed by atoms with Crippen LogP contribution in [0.5, 0.6) is 0 Å². The minimum absolute atomic E-state index is 0.373. The summed E-state index contributed by atoms with van der Waals surface area (Å²) in [4.78, 5) is 12.6. The average Bonchev–Trinajstić information content (AvgIpc) is 3.38. The Morgan fingerprint density at radius 3 is 2.77 bits per heavy atom. The molecule has 3 aromatic heterocycles. The molecule has 1 aliphatic rings. The molecule has 0 saturated carbocycles. The molecule has 0 aliphatic heterocycles. The van der Waals surface area contributed by atoms with Crippen LogP contribution in [0.1, 0.15) is 22.5 Å². The zero-order valence-corrected chi connectivity index (χ0v) is 13.8. The monoisotopic (exact) mass is 341 g/mol. The van der Waals surface area contributed by atoms with Crippen LogP contribution in [0, 0.1) is 0 Å². The number of nitrogens with zero attached hydrogens (tertiary/aromatic N) is 4. The molecule has 0 saturated heterocycles. The van der Waals surface area contributed by atoms with Crippen LogP contribution >= 0.6 is 0 Å². The molecule has 126 valence electrons. The Morgan fingerprint density at radius 1 is 1.08 bits per heavy atom. The summed E-state index contributed by atoms with van der Waals surface area (Å²) in [6.07, 6.45) is 11.5. The van der Waals surface area contributed by atoms with Crippen molar-refractivity contribution in [1.82, 2.24) is 25.1 Å². The second-order valence-corrected chi connectivity index (χ2v) is 6.27. The highest BCUT2D eigenvalue weighted by molar-refractivity contribution is 5.73.